The number of nitrogens with zero attached hydrogens (tertiary/aromatic N) is 1. The molecular formula is C34H46Br3ClN2O2. The summed E-state index contributed by atoms with van der Waals surface area (Å²) in [4.78, 5) is 12.1. The molecule has 0 radical (unpaired) electrons. The Morgan fingerprint density at radius 3 is 1.71 bits per heavy atom. The number of aromatic nitrogens is 1. The van der Waals surface area contributed by atoms with Crippen molar-refractivity contribution < 1.29 is 26.9 Å². The lowest BCUT2D eigenvalue weighted by Crippen LogP contribution is -3.00. The maximum Gasteiger partial charge on any atom is 0.259 e. The molecule has 232 valence electrons. The number of carbonyl (C=O) groups excluding carboxylic acids is 1. The van der Waals surface area contributed by atoms with Crippen LogP contribution >= 0.6 is 47.8 Å². The topological polar surface area (TPSA) is 53.2 Å². The number of nitrogens with one attached hydrogen (secondary N) is 1. The van der Waals surface area contributed by atoms with Gasteiger partial charge in [0.2, 0.25) is 0 Å². The van der Waals surface area contributed by atoms with E-state index in [4.69, 9.17) is 0 Å². The van der Waals surface area contributed by atoms with Crippen LogP contribution in [-0.4, -0.2) is 11.0 Å². The van der Waals surface area contributed by atoms with Crippen molar-refractivity contribution in [1.29, 1.82) is 0 Å². The zero-order valence-electron chi connectivity index (χ0n) is 24.8. The molecule has 0 saturated carbocycles. The summed E-state index contributed by atoms with van der Waals surface area (Å²) in [6.45, 7) is 3.47. The Kier molecular flexibility index (Phi) is 22.0. The fraction of sp³-hybridized carbons (Fsp3) is 0.471. The van der Waals surface area contributed by atoms with Crippen LogP contribution in [-0.2, 0) is 6.54 Å². The van der Waals surface area contributed by atoms with Crippen LogP contribution in [0.2, 0.25) is 0 Å². The average Bonchev–Trinajstić information content (AvgIpc) is 2.99. The fourth-order valence-corrected chi connectivity index (χ4v) is 5.97. The number of aromatic hydroxyl groups is 1. The summed E-state index contributed by atoms with van der Waals surface area (Å²) in [6.07, 6.45) is 24.4. The second kappa shape index (κ2) is 24.0. The molecule has 8 heteroatoms. The first kappa shape index (κ1) is 38.6. The average molecular weight is 790 g/mol. The molecule has 1 aromatic heterocycles. The predicted octanol–water partition coefficient (Wildman–Crippen LogP) is 8.39. The van der Waals surface area contributed by atoms with Crippen LogP contribution in [0.15, 0.2) is 80.4 Å². The number of hydrogen-bond donors (Lipinski definition) is 2. The second-order valence-corrected chi connectivity index (χ2v) is 12.9. The number of phenols is 1. The first-order chi connectivity index (χ1) is 19.9. The van der Waals surface area contributed by atoms with Crippen molar-refractivity contribution in [2.45, 2.75) is 103 Å². The molecule has 0 atom stereocenters. The standard InChI is InChI=1S/C21H38N.C13H8Br3NO2.ClH/c1-2-3-4-5-6-7-8-9-10-11-12-13-14-16-19-22-20-17-15-18-21-22;14-9-6-8(12(18)11(16)10(9)15)13(19)17-7-4-2-1-3-5-7;/h15,17-18,20-21H,2-14,16,19H2,1H3;1-6,18H,(H,17,19);1H/q+1;;/p-1. The highest BCUT2D eigenvalue weighted by Crippen LogP contribution is 2.40. The molecule has 0 fully saturated rings. The number of carbonyl (C=O) groups is 1. The number of unbranched alkanes of at least 4 members (excludes halogenated alkanes) is 13. The number of hydrogen-bond acceptors (Lipinski definition) is 2. The van der Waals surface area contributed by atoms with Gasteiger partial charge in [-0.1, -0.05) is 108 Å². The minimum absolute atomic E-state index is 0. The normalized spacial score (nSPS) is 10.4. The third-order valence-electron chi connectivity index (χ3n) is 6.96. The van der Waals surface area contributed by atoms with E-state index in [0.29, 0.717) is 19.1 Å². The summed E-state index contributed by atoms with van der Waals surface area (Å²) in [6, 6.07) is 16.9. The van der Waals surface area contributed by atoms with E-state index >= 15 is 0 Å². The molecule has 0 aliphatic rings. The SMILES string of the molecule is CCCCCCCCCCCCCCCC[n+]1ccccc1.O=C(Nc1ccccc1)c1cc(Br)c(Br)c(Br)c1O.[Cl-]. The summed E-state index contributed by atoms with van der Waals surface area (Å²) in [5.74, 6) is -0.485. The van der Waals surface area contributed by atoms with Gasteiger partial charge in [0.1, 0.15) is 12.3 Å². The molecule has 42 heavy (non-hydrogen) atoms. The van der Waals surface area contributed by atoms with Crippen molar-refractivity contribution >= 4 is 59.4 Å². The molecule has 0 bridgehead atoms. The lowest BCUT2D eigenvalue weighted by Gasteiger charge is -2.10. The molecule has 2 N–H and O–H groups in total. The fourth-order valence-electron chi connectivity index (χ4n) is 4.55. The molecule has 3 rings (SSSR count). The Labute approximate surface area is 284 Å². The first-order valence-corrected chi connectivity index (χ1v) is 17.5. The van der Waals surface area contributed by atoms with Crippen LogP contribution in [0, 0.1) is 0 Å². The van der Waals surface area contributed by atoms with Gasteiger partial charge in [0.05, 0.1) is 10.0 Å². The van der Waals surface area contributed by atoms with Gasteiger partial charge in [-0.2, -0.15) is 0 Å². The Morgan fingerprint density at radius 2 is 1.19 bits per heavy atom. The Bertz CT molecular complexity index is 1130. The summed E-state index contributed by atoms with van der Waals surface area (Å²) in [7, 11) is 0. The number of halogens is 4. The monoisotopic (exact) mass is 786 g/mol. The number of amides is 1. The van der Waals surface area contributed by atoms with Crippen LogP contribution in [0.3, 0.4) is 0 Å². The van der Waals surface area contributed by atoms with Crippen molar-refractivity contribution in [3.05, 3.63) is 86.0 Å². The Hall–Kier alpha value is -1.41. The number of para-hydroxylation sites is 1. The zero-order valence-corrected chi connectivity index (χ0v) is 30.3. The summed E-state index contributed by atoms with van der Waals surface area (Å²) < 4.78 is 4.05. The van der Waals surface area contributed by atoms with Gasteiger partial charge in [0.25, 0.3) is 5.91 Å². The van der Waals surface area contributed by atoms with Gasteiger partial charge in [-0.15, -0.1) is 0 Å². The van der Waals surface area contributed by atoms with E-state index in [1.165, 1.54) is 96.4 Å². The second-order valence-electron chi connectivity index (χ2n) is 10.4. The largest absolute Gasteiger partial charge is 1.00 e. The molecule has 1 amide bonds. The molecule has 2 aromatic carbocycles. The molecule has 0 unspecified atom stereocenters. The Morgan fingerprint density at radius 1 is 0.714 bits per heavy atom. The number of pyridine rings is 1. The molecule has 4 nitrogen and oxygen atoms in total. The van der Waals surface area contributed by atoms with Crippen LogP contribution in [0.1, 0.15) is 107 Å². The molecule has 0 aliphatic heterocycles. The lowest BCUT2D eigenvalue weighted by molar-refractivity contribution is -0.697. The molecular weight excluding hydrogens is 744 g/mol. The van der Waals surface area contributed by atoms with Gasteiger partial charge in [0.15, 0.2) is 12.4 Å². The van der Waals surface area contributed by atoms with Gasteiger partial charge < -0.3 is 22.8 Å². The van der Waals surface area contributed by atoms with E-state index in [9.17, 15) is 9.90 Å². The maximum atomic E-state index is 12.1. The number of rotatable bonds is 17. The Balaban J connectivity index is 0.000000414. The van der Waals surface area contributed by atoms with Crippen LogP contribution in [0.5, 0.6) is 5.75 Å². The molecule has 0 saturated heterocycles. The van der Waals surface area contributed by atoms with E-state index in [2.05, 4.69) is 95.2 Å². The van der Waals surface area contributed by atoms with E-state index < -0.39 is 0 Å². The highest BCUT2D eigenvalue weighted by molar-refractivity contribution is 9.14. The van der Waals surface area contributed by atoms with Crippen molar-refractivity contribution in [2.24, 2.45) is 0 Å². The smallest absolute Gasteiger partial charge is 0.259 e. The third kappa shape index (κ3) is 15.9. The van der Waals surface area contributed by atoms with Crippen molar-refractivity contribution in [2.75, 3.05) is 5.32 Å². The van der Waals surface area contributed by atoms with Gasteiger partial charge in [0, 0.05) is 33.2 Å². The van der Waals surface area contributed by atoms with Crippen LogP contribution in [0.25, 0.3) is 0 Å². The van der Waals surface area contributed by atoms with E-state index in [1.807, 2.05) is 18.2 Å². The van der Waals surface area contributed by atoms with Gasteiger partial charge >= 0.3 is 0 Å². The van der Waals surface area contributed by atoms with Crippen molar-refractivity contribution in [1.82, 2.24) is 0 Å². The van der Waals surface area contributed by atoms with E-state index in [1.54, 1.807) is 18.2 Å². The third-order valence-corrected chi connectivity index (χ3v) is 10.2. The van der Waals surface area contributed by atoms with Crippen LogP contribution < -0.4 is 22.3 Å². The minimum atomic E-state index is -0.377. The molecule has 0 aliphatic carbocycles. The highest BCUT2D eigenvalue weighted by Gasteiger charge is 2.18. The van der Waals surface area contributed by atoms with Gasteiger partial charge in [-0.25, -0.2) is 4.57 Å². The zero-order chi connectivity index (χ0) is 29.7. The maximum absolute atomic E-state index is 12.1. The number of benzene rings is 2. The quantitative estimate of drug-likeness (QED) is 0.0821. The summed E-state index contributed by atoms with van der Waals surface area (Å²) in [5, 5.41) is 12.7. The van der Waals surface area contributed by atoms with E-state index in [0.717, 1.165) is 0 Å². The van der Waals surface area contributed by atoms with Crippen molar-refractivity contribution in [3.63, 3.8) is 0 Å². The summed E-state index contributed by atoms with van der Waals surface area (Å²) >= 11 is 9.84. The number of phenolic OH excluding ortho intramolecular Hbond substituents is 1. The molecule has 1 heterocycles. The van der Waals surface area contributed by atoms with Gasteiger partial charge in [-0.05, 0) is 72.4 Å². The van der Waals surface area contributed by atoms with Crippen LogP contribution in [0.4, 0.5) is 5.69 Å². The molecule has 0 spiro atoms. The predicted molar refractivity (Wildman–Crippen MR) is 183 cm³/mol. The number of anilines is 1. The van der Waals surface area contributed by atoms with Gasteiger partial charge in [-0.3, -0.25) is 4.79 Å². The first-order valence-electron chi connectivity index (χ1n) is 15.1. The highest BCUT2D eigenvalue weighted by atomic mass is 79.9. The van der Waals surface area contributed by atoms with E-state index in [-0.39, 0.29) is 29.6 Å². The van der Waals surface area contributed by atoms with Crippen molar-refractivity contribution in [3.8, 4) is 5.75 Å². The minimum Gasteiger partial charge on any atom is -1.00 e. The molecule has 3 aromatic rings. The number of aryl methyl sites for hydroxylation is 1. The summed E-state index contributed by atoms with van der Waals surface area (Å²) in [5.41, 5.74) is 0.855. The lowest BCUT2D eigenvalue weighted by atomic mass is 10.0.